The van der Waals surface area contributed by atoms with Crippen molar-refractivity contribution in [2.24, 2.45) is 0 Å². The van der Waals surface area contributed by atoms with E-state index >= 15 is 0 Å². The number of thiocarbonyl (C=S) groups is 1. The predicted octanol–water partition coefficient (Wildman–Crippen LogP) is 5.22. The van der Waals surface area contributed by atoms with Crippen molar-refractivity contribution >= 4 is 56.2 Å². The zero-order chi connectivity index (χ0) is 21.1. The SMILES string of the molecule is Cc1ccc(NC(=O)CCN2C(=S)N[C@H](c3ccccn3)[C@@H]2c2cc(Br)cs2)cc1. The number of rotatable bonds is 6. The third kappa shape index (κ3) is 4.71. The Hall–Kier alpha value is -2.29. The van der Waals surface area contributed by atoms with E-state index in [1.807, 2.05) is 49.4 Å². The normalized spacial score (nSPS) is 18.3. The van der Waals surface area contributed by atoms with Crippen LogP contribution in [0.1, 0.15) is 34.6 Å². The Balaban J connectivity index is 1.51. The Morgan fingerprint density at radius 3 is 2.77 bits per heavy atom. The van der Waals surface area contributed by atoms with Gasteiger partial charge in [0.25, 0.3) is 0 Å². The highest BCUT2D eigenvalue weighted by Crippen LogP contribution is 2.41. The summed E-state index contributed by atoms with van der Waals surface area (Å²) in [5.41, 5.74) is 2.89. The molecule has 0 aliphatic carbocycles. The number of halogens is 1. The lowest BCUT2D eigenvalue weighted by atomic mass is 10.0. The minimum atomic E-state index is -0.0654. The Labute approximate surface area is 193 Å². The van der Waals surface area contributed by atoms with E-state index in [2.05, 4.69) is 47.9 Å². The van der Waals surface area contributed by atoms with E-state index in [-0.39, 0.29) is 18.0 Å². The first-order valence-electron chi connectivity index (χ1n) is 9.60. The van der Waals surface area contributed by atoms with Gasteiger partial charge in [-0.05, 0) is 65.4 Å². The molecule has 2 aromatic heterocycles. The van der Waals surface area contributed by atoms with E-state index in [4.69, 9.17) is 12.2 Å². The number of amides is 1. The van der Waals surface area contributed by atoms with Crippen LogP contribution >= 0.6 is 39.5 Å². The summed E-state index contributed by atoms with van der Waals surface area (Å²) < 4.78 is 1.04. The largest absolute Gasteiger partial charge is 0.352 e. The fraction of sp³-hybridized carbons (Fsp3) is 0.227. The van der Waals surface area contributed by atoms with E-state index in [1.54, 1.807) is 17.5 Å². The standard InChI is InChI=1S/C22H21BrN4OS2/c1-14-5-7-16(8-6-14)25-19(28)9-11-27-21(18-12-15(23)13-30-18)20(26-22(27)29)17-4-2-3-10-24-17/h2-8,10,12-13,20-21H,9,11H2,1H3,(H,25,28)(H,26,29)/t20-,21+/m1/s1. The van der Waals surface area contributed by atoms with Gasteiger partial charge in [0.1, 0.15) is 0 Å². The second kappa shape index (κ2) is 9.24. The topological polar surface area (TPSA) is 57.3 Å². The molecule has 2 N–H and O–H groups in total. The number of aromatic nitrogens is 1. The number of aryl methyl sites for hydroxylation is 1. The van der Waals surface area contributed by atoms with Crippen LogP contribution in [-0.2, 0) is 4.79 Å². The van der Waals surface area contributed by atoms with Crippen LogP contribution in [0.15, 0.2) is 64.6 Å². The minimum Gasteiger partial charge on any atom is -0.352 e. The molecule has 1 aliphatic rings. The van der Waals surface area contributed by atoms with Crippen LogP contribution in [0.3, 0.4) is 0 Å². The maximum Gasteiger partial charge on any atom is 0.226 e. The molecule has 5 nitrogen and oxygen atoms in total. The van der Waals surface area contributed by atoms with Crippen LogP contribution < -0.4 is 10.6 Å². The third-order valence-corrected chi connectivity index (χ3v) is 7.11. The molecule has 0 radical (unpaired) electrons. The van der Waals surface area contributed by atoms with Crippen molar-refractivity contribution in [2.45, 2.75) is 25.4 Å². The average molecular weight is 501 g/mol. The lowest BCUT2D eigenvalue weighted by Crippen LogP contribution is -2.32. The Morgan fingerprint density at radius 2 is 2.10 bits per heavy atom. The second-order valence-corrected chi connectivity index (χ2v) is 9.40. The van der Waals surface area contributed by atoms with Crippen molar-refractivity contribution in [2.75, 3.05) is 11.9 Å². The number of carbonyl (C=O) groups excluding carboxylic acids is 1. The molecule has 3 heterocycles. The molecule has 0 bridgehead atoms. The molecule has 154 valence electrons. The molecule has 0 unspecified atom stereocenters. The average Bonchev–Trinajstić information content (AvgIpc) is 3.31. The summed E-state index contributed by atoms with van der Waals surface area (Å²) in [6.07, 6.45) is 2.13. The number of anilines is 1. The van der Waals surface area contributed by atoms with E-state index in [9.17, 15) is 4.79 Å². The van der Waals surface area contributed by atoms with Crippen LogP contribution in [0.25, 0.3) is 0 Å². The van der Waals surface area contributed by atoms with Crippen LogP contribution in [0.2, 0.25) is 0 Å². The summed E-state index contributed by atoms with van der Waals surface area (Å²) in [6.45, 7) is 2.54. The molecule has 1 amide bonds. The Kier molecular flexibility index (Phi) is 6.46. The molecule has 8 heteroatoms. The molecule has 1 aromatic carbocycles. The van der Waals surface area contributed by atoms with Crippen molar-refractivity contribution < 1.29 is 4.79 Å². The van der Waals surface area contributed by atoms with Gasteiger partial charge in [-0.15, -0.1) is 11.3 Å². The lowest BCUT2D eigenvalue weighted by molar-refractivity contribution is -0.116. The summed E-state index contributed by atoms with van der Waals surface area (Å²) in [7, 11) is 0. The number of pyridine rings is 1. The number of thiophene rings is 1. The van der Waals surface area contributed by atoms with Gasteiger partial charge in [0.05, 0.1) is 17.8 Å². The summed E-state index contributed by atoms with van der Waals surface area (Å²) in [5, 5.41) is 9.08. The minimum absolute atomic E-state index is 0.0177. The van der Waals surface area contributed by atoms with E-state index in [0.717, 1.165) is 21.4 Å². The highest BCUT2D eigenvalue weighted by molar-refractivity contribution is 9.10. The summed E-state index contributed by atoms with van der Waals surface area (Å²) >= 11 is 10.9. The predicted molar refractivity (Wildman–Crippen MR) is 129 cm³/mol. The fourth-order valence-corrected chi connectivity index (χ4v) is 5.45. The van der Waals surface area contributed by atoms with E-state index in [0.29, 0.717) is 18.1 Å². The van der Waals surface area contributed by atoms with Crippen molar-refractivity contribution in [3.8, 4) is 0 Å². The first-order chi connectivity index (χ1) is 14.5. The maximum absolute atomic E-state index is 12.5. The van der Waals surface area contributed by atoms with Gasteiger partial charge in [-0.25, -0.2) is 0 Å². The molecular weight excluding hydrogens is 480 g/mol. The van der Waals surface area contributed by atoms with Gasteiger partial charge in [0.2, 0.25) is 5.91 Å². The lowest BCUT2D eigenvalue weighted by Gasteiger charge is -2.26. The van der Waals surface area contributed by atoms with Crippen LogP contribution in [0, 0.1) is 6.92 Å². The van der Waals surface area contributed by atoms with Gasteiger partial charge in [0.15, 0.2) is 5.11 Å². The summed E-state index contributed by atoms with van der Waals surface area (Å²) in [6, 6.07) is 15.7. The molecule has 4 rings (SSSR count). The number of hydrogen-bond acceptors (Lipinski definition) is 4. The molecule has 1 saturated heterocycles. The van der Waals surface area contributed by atoms with Crippen LogP contribution in [-0.4, -0.2) is 27.4 Å². The zero-order valence-corrected chi connectivity index (χ0v) is 19.6. The van der Waals surface area contributed by atoms with Gasteiger partial charge in [0, 0.05) is 39.6 Å². The van der Waals surface area contributed by atoms with Crippen molar-refractivity contribution in [3.63, 3.8) is 0 Å². The molecule has 1 fully saturated rings. The number of nitrogens with zero attached hydrogens (tertiary/aromatic N) is 2. The third-order valence-electron chi connectivity index (χ3n) is 4.99. The van der Waals surface area contributed by atoms with Crippen LogP contribution in [0.5, 0.6) is 0 Å². The molecule has 3 aromatic rings. The van der Waals surface area contributed by atoms with Crippen molar-refractivity contribution in [1.82, 2.24) is 15.2 Å². The van der Waals surface area contributed by atoms with Crippen LogP contribution in [0.4, 0.5) is 5.69 Å². The van der Waals surface area contributed by atoms with Gasteiger partial charge in [-0.3, -0.25) is 9.78 Å². The van der Waals surface area contributed by atoms with Gasteiger partial charge in [-0.1, -0.05) is 23.8 Å². The molecule has 30 heavy (non-hydrogen) atoms. The molecular formula is C22H21BrN4OS2. The smallest absolute Gasteiger partial charge is 0.226 e. The number of nitrogens with one attached hydrogen (secondary N) is 2. The Morgan fingerprint density at radius 1 is 1.30 bits per heavy atom. The molecule has 2 atom stereocenters. The maximum atomic E-state index is 12.5. The number of benzene rings is 1. The van der Waals surface area contributed by atoms with Gasteiger partial charge < -0.3 is 15.5 Å². The van der Waals surface area contributed by atoms with Crippen molar-refractivity contribution in [3.05, 3.63) is 80.7 Å². The monoisotopic (exact) mass is 500 g/mol. The molecule has 0 saturated carbocycles. The highest BCUT2D eigenvalue weighted by atomic mass is 79.9. The highest BCUT2D eigenvalue weighted by Gasteiger charge is 2.40. The Bertz CT molecular complexity index is 1040. The quantitative estimate of drug-likeness (QED) is 0.454. The molecule has 0 spiro atoms. The first kappa shape index (κ1) is 21.0. The van der Waals surface area contributed by atoms with Crippen molar-refractivity contribution in [1.29, 1.82) is 0 Å². The van der Waals surface area contributed by atoms with E-state index in [1.165, 1.54) is 4.88 Å². The number of carbonyl (C=O) groups is 1. The summed E-state index contributed by atoms with van der Waals surface area (Å²) in [5.74, 6) is -0.0333. The zero-order valence-electron chi connectivity index (χ0n) is 16.3. The number of hydrogen-bond donors (Lipinski definition) is 2. The van der Waals surface area contributed by atoms with Gasteiger partial charge in [-0.2, -0.15) is 0 Å². The fourth-order valence-electron chi connectivity index (χ4n) is 3.52. The molecule has 1 aliphatic heterocycles. The first-order valence-corrected chi connectivity index (χ1v) is 11.7. The van der Waals surface area contributed by atoms with Gasteiger partial charge >= 0.3 is 0 Å². The summed E-state index contributed by atoms with van der Waals surface area (Å²) in [4.78, 5) is 20.3. The second-order valence-electron chi connectivity index (χ2n) is 7.15. The van der Waals surface area contributed by atoms with E-state index < -0.39 is 0 Å².